The number of carboxylic acid groups (broad SMARTS) is 1. The van der Waals surface area contributed by atoms with E-state index in [4.69, 9.17) is 16.2 Å². The summed E-state index contributed by atoms with van der Waals surface area (Å²) in [5, 5.41) is 12.2. The number of aromatic nitrogens is 2. The van der Waals surface area contributed by atoms with E-state index in [1.165, 1.54) is 7.11 Å². The van der Waals surface area contributed by atoms with Gasteiger partial charge >= 0.3 is 5.97 Å². The summed E-state index contributed by atoms with van der Waals surface area (Å²) in [6, 6.07) is 15.0. The Morgan fingerprint density at radius 3 is 2.34 bits per heavy atom. The van der Waals surface area contributed by atoms with Crippen LogP contribution in [0.4, 0.5) is 5.69 Å². The second kappa shape index (κ2) is 10.9. The number of hydrogen-bond donors (Lipinski definition) is 3. The Labute approximate surface area is 207 Å². The van der Waals surface area contributed by atoms with Crippen molar-refractivity contribution in [3.05, 3.63) is 87.7 Å². The first-order chi connectivity index (χ1) is 16.6. The van der Waals surface area contributed by atoms with Crippen molar-refractivity contribution in [2.75, 3.05) is 12.8 Å². The zero-order chi connectivity index (χ0) is 25.7. The number of carbonyl (C=O) groups excluding carboxylic acids is 1. The molecule has 0 aliphatic heterocycles. The van der Waals surface area contributed by atoms with Gasteiger partial charge < -0.3 is 25.9 Å². The molecule has 182 valence electrons. The SMILES string of the molecule is COc1c(C(N)=O)ccc(N)c1C.Cc1cc(C(=O)O)c(C)n1Cc1csc(-c2ccccc2)n1. The van der Waals surface area contributed by atoms with Crippen LogP contribution >= 0.6 is 11.3 Å². The molecule has 9 heteroatoms. The van der Waals surface area contributed by atoms with Crippen molar-refractivity contribution >= 4 is 28.9 Å². The first kappa shape index (κ1) is 25.5. The largest absolute Gasteiger partial charge is 0.496 e. The third-order valence-corrected chi connectivity index (χ3v) is 6.55. The Hall–Kier alpha value is -4.11. The minimum Gasteiger partial charge on any atom is -0.496 e. The molecular formula is C26H28N4O4S. The molecule has 2 heterocycles. The lowest BCUT2D eigenvalue weighted by Gasteiger charge is -2.10. The van der Waals surface area contributed by atoms with E-state index in [2.05, 4.69) is 4.98 Å². The van der Waals surface area contributed by atoms with Gasteiger partial charge in [-0.3, -0.25) is 4.79 Å². The normalized spacial score (nSPS) is 10.4. The van der Waals surface area contributed by atoms with Gasteiger partial charge in [-0.25, -0.2) is 9.78 Å². The molecule has 0 bridgehead atoms. The number of aryl methyl sites for hydroxylation is 1. The first-order valence-corrected chi connectivity index (χ1v) is 11.6. The minimum absolute atomic E-state index is 0.356. The zero-order valence-corrected chi connectivity index (χ0v) is 20.8. The predicted octanol–water partition coefficient (Wildman–Crippen LogP) is 4.66. The van der Waals surface area contributed by atoms with Crippen LogP contribution in [0.5, 0.6) is 5.75 Å². The zero-order valence-electron chi connectivity index (χ0n) is 20.0. The first-order valence-electron chi connectivity index (χ1n) is 10.8. The topological polar surface area (TPSA) is 133 Å². The van der Waals surface area contributed by atoms with Crippen molar-refractivity contribution in [2.45, 2.75) is 27.3 Å². The van der Waals surface area contributed by atoms with Crippen molar-refractivity contribution in [1.82, 2.24) is 9.55 Å². The highest BCUT2D eigenvalue weighted by atomic mass is 32.1. The van der Waals surface area contributed by atoms with Crippen LogP contribution in [0.2, 0.25) is 0 Å². The van der Waals surface area contributed by atoms with Gasteiger partial charge in [-0.05, 0) is 39.0 Å². The molecule has 5 N–H and O–H groups in total. The highest BCUT2D eigenvalue weighted by molar-refractivity contribution is 7.13. The summed E-state index contributed by atoms with van der Waals surface area (Å²) in [5.74, 6) is -0.949. The van der Waals surface area contributed by atoms with Gasteiger partial charge in [0, 0.05) is 33.6 Å². The van der Waals surface area contributed by atoms with Crippen molar-refractivity contribution in [2.24, 2.45) is 5.73 Å². The lowest BCUT2D eigenvalue weighted by Crippen LogP contribution is -2.13. The summed E-state index contributed by atoms with van der Waals surface area (Å²) >= 11 is 1.61. The number of carboxylic acids is 1. The second-order valence-electron chi connectivity index (χ2n) is 7.91. The number of carbonyl (C=O) groups is 2. The molecule has 4 rings (SSSR count). The summed E-state index contributed by atoms with van der Waals surface area (Å²) < 4.78 is 7.03. The summed E-state index contributed by atoms with van der Waals surface area (Å²) in [6.45, 7) is 6.12. The molecule has 0 unspecified atom stereocenters. The van der Waals surface area contributed by atoms with E-state index in [-0.39, 0.29) is 0 Å². The maximum atomic E-state index is 11.2. The predicted molar refractivity (Wildman–Crippen MR) is 138 cm³/mol. The number of hydrogen-bond acceptors (Lipinski definition) is 6. The molecule has 4 aromatic rings. The molecule has 2 aromatic carbocycles. The number of amides is 1. The van der Waals surface area contributed by atoms with Gasteiger partial charge in [-0.2, -0.15) is 0 Å². The molecule has 8 nitrogen and oxygen atoms in total. The van der Waals surface area contributed by atoms with Gasteiger partial charge in [-0.1, -0.05) is 30.3 Å². The Morgan fingerprint density at radius 1 is 1.09 bits per heavy atom. The quantitative estimate of drug-likeness (QED) is 0.335. The molecule has 0 aliphatic carbocycles. The standard InChI is InChI=1S/C17H16N2O2S.C9H12N2O2/c1-11-8-15(17(20)21)12(2)19(11)9-14-10-22-16(18-14)13-6-4-3-5-7-13;1-5-7(10)4-3-6(9(11)12)8(5)13-2/h3-8,10H,9H2,1-2H3,(H,20,21);3-4H,10H2,1-2H3,(H2,11,12). The number of ether oxygens (including phenoxy) is 1. The van der Waals surface area contributed by atoms with E-state index in [0.29, 0.717) is 29.1 Å². The van der Waals surface area contributed by atoms with E-state index in [0.717, 1.165) is 33.2 Å². The molecule has 35 heavy (non-hydrogen) atoms. The third kappa shape index (κ3) is 5.70. The van der Waals surface area contributed by atoms with Crippen molar-refractivity contribution in [3.8, 4) is 16.3 Å². The van der Waals surface area contributed by atoms with E-state index in [1.807, 2.05) is 54.1 Å². The average Bonchev–Trinajstić information content (AvgIpc) is 3.42. The van der Waals surface area contributed by atoms with Gasteiger partial charge in [0.1, 0.15) is 10.8 Å². The van der Waals surface area contributed by atoms with Crippen molar-refractivity contribution in [1.29, 1.82) is 0 Å². The highest BCUT2D eigenvalue weighted by Gasteiger charge is 2.16. The molecule has 0 spiro atoms. The number of thiazole rings is 1. The van der Waals surface area contributed by atoms with E-state index < -0.39 is 11.9 Å². The van der Waals surface area contributed by atoms with E-state index in [9.17, 15) is 14.7 Å². The molecule has 0 saturated carbocycles. The average molecular weight is 493 g/mol. The molecule has 0 radical (unpaired) electrons. The van der Waals surface area contributed by atoms with Gasteiger partial charge in [-0.15, -0.1) is 11.3 Å². The van der Waals surface area contributed by atoms with Crippen LogP contribution in [0.1, 0.15) is 43.4 Å². The number of benzene rings is 2. The van der Waals surface area contributed by atoms with Gasteiger partial charge in [0.05, 0.1) is 30.5 Å². The number of methoxy groups -OCH3 is 1. The van der Waals surface area contributed by atoms with E-state index in [1.54, 1.807) is 36.5 Å². The van der Waals surface area contributed by atoms with Crippen LogP contribution in [0.3, 0.4) is 0 Å². The maximum Gasteiger partial charge on any atom is 0.337 e. The number of nitrogen functional groups attached to an aromatic ring is 1. The maximum absolute atomic E-state index is 11.2. The summed E-state index contributed by atoms with van der Waals surface area (Å²) in [5.41, 5.74) is 16.6. The van der Waals surface area contributed by atoms with Crippen LogP contribution in [-0.4, -0.2) is 33.6 Å². The van der Waals surface area contributed by atoms with Gasteiger partial charge in [0.2, 0.25) is 0 Å². The van der Waals surface area contributed by atoms with Crippen molar-refractivity contribution in [3.63, 3.8) is 0 Å². The second-order valence-corrected chi connectivity index (χ2v) is 8.77. The van der Waals surface area contributed by atoms with Crippen molar-refractivity contribution < 1.29 is 19.4 Å². The Morgan fingerprint density at radius 2 is 1.77 bits per heavy atom. The van der Waals surface area contributed by atoms with Crippen LogP contribution in [0.15, 0.2) is 53.9 Å². The van der Waals surface area contributed by atoms with Gasteiger partial charge in [0.15, 0.2) is 0 Å². The summed E-state index contributed by atoms with van der Waals surface area (Å²) in [4.78, 5) is 26.8. The molecule has 0 fully saturated rings. The lowest BCUT2D eigenvalue weighted by molar-refractivity contribution is 0.0695. The fraction of sp³-hybridized carbons (Fsp3) is 0.192. The molecule has 2 aromatic heterocycles. The van der Waals surface area contributed by atoms with Crippen LogP contribution in [0, 0.1) is 20.8 Å². The number of nitrogens with two attached hydrogens (primary N) is 2. The number of anilines is 1. The lowest BCUT2D eigenvalue weighted by atomic mass is 10.1. The molecule has 0 saturated heterocycles. The minimum atomic E-state index is -0.886. The Kier molecular flexibility index (Phi) is 7.93. The number of primary amides is 1. The monoisotopic (exact) mass is 492 g/mol. The Balaban J connectivity index is 0.000000225. The smallest absolute Gasteiger partial charge is 0.337 e. The summed E-state index contributed by atoms with van der Waals surface area (Å²) in [7, 11) is 1.48. The molecule has 0 aliphatic rings. The number of rotatable bonds is 6. The Bertz CT molecular complexity index is 1360. The fourth-order valence-corrected chi connectivity index (χ4v) is 4.50. The van der Waals surface area contributed by atoms with Crippen LogP contribution < -0.4 is 16.2 Å². The molecule has 1 amide bonds. The number of nitrogens with zero attached hydrogens (tertiary/aromatic N) is 2. The number of aromatic carboxylic acids is 1. The van der Waals surface area contributed by atoms with Crippen LogP contribution in [0.25, 0.3) is 10.6 Å². The third-order valence-electron chi connectivity index (χ3n) is 5.61. The fourth-order valence-electron chi connectivity index (χ4n) is 3.68. The van der Waals surface area contributed by atoms with E-state index >= 15 is 0 Å². The summed E-state index contributed by atoms with van der Waals surface area (Å²) in [6.07, 6.45) is 0. The van der Waals surface area contributed by atoms with Gasteiger partial charge in [0.25, 0.3) is 5.91 Å². The molecular weight excluding hydrogens is 464 g/mol. The van der Waals surface area contributed by atoms with Crippen LogP contribution in [-0.2, 0) is 6.54 Å². The molecule has 0 atom stereocenters. The highest BCUT2D eigenvalue weighted by Crippen LogP contribution is 2.27.